The number of ether oxygens (including phenoxy) is 2. The van der Waals surface area contributed by atoms with Gasteiger partial charge in [0.15, 0.2) is 6.61 Å². The Labute approximate surface area is 212 Å². The molecule has 2 aromatic rings. The average Bonchev–Trinajstić information content (AvgIpc) is 3.23. The van der Waals surface area contributed by atoms with Crippen molar-refractivity contribution in [3.63, 3.8) is 0 Å². The van der Waals surface area contributed by atoms with Crippen LogP contribution in [-0.4, -0.2) is 54.4 Å². The van der Waals surface area contributed by atoms with Gasteiger partial charge in [0.05, 0.1) is 24.6 Å². The summed E-state index contributed by atoms with van der Waals surface area (Å²) in [7, 11) is 0. The predicted octanol–water partition coefficient (Wildman–Crippen LogP) is 2.97. The lowest BCUT2D eigenvalue weighted by molar-refractivity contribution is -0.151. The van der Waals surface area contributed by atoms with Gasteiger partial charge in [0.25, 0.3) is 11.8 Å². The van der Waals surface area contributed by atoms with E-state index < -0.39 is 42.2 Å². The van der Waals surface area contributed by atoms with E-state index in [1.165, 1.54) is 36.4 Å². The Kier molecular flexibility index (Phi) is 9.40. The molecule has 36 heavy (non-hydrogen) atoms. The molecule has 1 aliphatic heterocycles. The number of amides is 3. The largest absolute Gasteiger partial charge is 0.462 e. The summed E-state index contributed by atoms with van der Waals surface area (Å²) in [5.41, 5.74) is 3.52. The molecule has 3 amide bonds. The van der Waals surface area contributed by atoms with Crippen LogP contribution in [0.5, 0.6) is 0 Å². The molecule has 0 unspecified atom stereocenters. The van der Waals surface area contributed by atoms with Crippen LogP contribution in [0.3, 0.4) is 0 Å². The van der Waals surface area contributed by atoms with E-state index in [-0.39, 0.29) is 13.0 Å². The van der Waals surface area contributed by atoms with Gasteiger partial charge in [-0.3, -0.25) is 29.6 Å². The van der Waals surface area contributed by atoms with Gasteiger partial charge in [-0.2, -0.15) is 0 Å². The fraction of sp³-hybridized carbons (Fsp3) is 0.320. The van der Waals surface area contributed by atoms with E-state index in [4.69, 9.17) is 21.1 Å². The molecular formula is C25H26ClN3O7. The first-order chi connectivity index (χ1) is 17.3. The van der Waals surface area contributed by atoms with Crippen LogP contribution in [0.1, 0.15) is 46.9 Å². The highest BCUT2D eigenvalue weighted by Gasteiger charge is 2.36. The van der Waals surface area contributed by atoms with E-state index in [1.807, 2.05) is 6.92 Å². The first-order valence-corrected chi connectivity index (χ1v) is 11.7. The van der Waals surface area contributed by atoms with Crippen molar-refractivity contribution in [2.75, 3.05) is 25.1 Å². The molecule has 0 spiro atoms. The van der Waals surface area contributed by atoms with Crippen molar-refractivity contribution in [2.45, 2.75) is 26.2 Å². The van der Waals surface area contributed by atoms with Crippen LogP contribution in [-0.2, 0) is 23.9 Å². The quantitative estimate of drug-likeness (QED) is 0.367. The number of anilines is 1. The summed E-state index contributed by atoms with van der Waals surface area (Å²) in [5, 5.41) is 4.08. The zero-order chi connectivity index (χ0) is 26.1. The van der Waals surface area contributed by atoms with Gasteiger partial charge >= 0.3 is 11.9 Å². The Morgan fingerprint density at radius 3 is 2.33 bits per heavy atom. The minimum atomic E-state index is -0.825. The smallest absolute Gasteiger partial charge is 0.338 e. The van der Waals surface area contributed by atoms with Crippen molar-refractivity contribution in [1.29, 1.82) is 0 Å². The maximum atomic E-state index is 12.4. The number of benzene rings is 2. The molecule has 2 N–H and O–H groups in total. The number of carbonyl (C=O) groups excluding carboxylic acids is 5. The number of nitrogens with zero attached hydrogens (tertiary/aromatic N) is 1. The van der Waals surface area contributed by atoms with Crippen molar-refractivity contribution in [1.82, 2.24) is 10.4 Å². The molecule has 3 rings (SSSR count). The molecule has 11 heteroatoms. The Hall–Kier alpha value is -3.92. The molecule has 0 aliphatic carbocycles. The first kappa shape index (κ1) is 26.7. The molecule has 0 saturated carbocycles. The first-order valence-electron chi connectivity index (χ1n) is 11.4. The minimum absolute atomic E-state index is 0.0750. The average molecular weight is 516 g/mol. The van der Waals surface area contributed by atoms with E-state index in [1.54, 1.807) is 12.1 Å². The monoisotopic (exact) mass is 515 g/mol. The minimum Gasteiger partial charge on any atom is -0.462 e. The van der Waals surface area contributed by atoms with Crippen LogP contribution in [0.15, 0.2) is 48.5 Å². The molecule has 190 valence electrons. The number of carbonyl (C=O) groups is 5. The van der Waals surface area contributed by atoms with Crippen LogP contribution in [0.4, 0.5) is 5.69 Å². The molecule has 0 aromatic heterocycles. The number of halogens is 1. The fourth-order valence-corrected chi connectivity index (χ4v) is 3.42. The number of esters is 2. The molecular weight excluding hydrogens is 490 g/mol. The van der Waals surface area contributed by atoms with E-state index >= 15 is 0 Å². The van der Waals surface area contributed by atoms with Gasteiger partial charge in [-0.25, -0.2) is 4.79 Å². The number of hydrogen-bond acceptors (Lipinski definition) is 7. The highest BCUT2D eigenvalue weighted by Crippen LogP contribution is 2.18. The molecule has 1 fully saturated rings. The lowest BCUT2D eigenvalue weighted by atomic mass is 10.1. The topological polar surface area (TPSA) is 131 Å². The highest BCUT2D eigenvalue weighted by molar-refractivity contribution is 6.30. The third-order valence-corrected chi connectivity index (χ3v) is 5.53. The number of nitrogens with one attached hydrogen (secondary N) is 2. The lowest BCUT2D eigenvalue weighted by Gasteiger charge is -2.17. The summed E-state index contributed by atoms with van der Waals surface area (Å²) in [4.78, 5) is 60.9. The van der Waals surface area contributed by atoms with E-state index in [9.17, 15) is 24.0 Å². The van der Waals surface area contributed by atoms with Gasteiger partial charge in [-0.15, -0.1) is 0 Å². The number of rotatable bonds is 10. The van der Waals surface area contributed by atoms with Gasteiger partial charge in [-0.1, -0.05) is 24.9 Å². The standard InChI is InChI=1S/C25H26ClN3O7/c1-2-3-12-35-24(33)17-6-10-20(11-7-17)27-21(30)15-36-25(34)18-13-22(31)29(14-18)28-23(32)16-4-8-19(26)9-5-16/h4-11,18H,2-3,12-15H2,1H3,(H,27,30)(H,28,32)/t18-/m0/s1. The molecule has 0 radical (unpaired) electrons. The summed E-state index contributed by atoms with van der Waals surface area (Å²) >= 11 is 5.81. The van der Waals surface area contributed by atoms with Crippen molar-refractivity contribution in [2.24, 2.45) is 5.92 Å². The van der Waals surface area contributed by atoms with Gasteiger partial charge in [0.1, 0.15) is 0 Å². The molecule has 1 saturated heterocycles. The van der Waals surface area contributed by atoms with Crippen molar-refractivity contribution in [3.05, 3.63) is 64.7 Å². The second-order valence-electron chi connectivity index (χ2n) is 8.08. The normalized spacial score (nSPS) is 14.8. The second kappa shape index (κ2) is 12.7. The Morgan fingerprint density at radius 2 is 1.67 bits per heavy atom. The zero-order valence-corrected chi connectivity index (χ0v) is 20.4. The number of hydrazine groups is 1. The van der Waals surface area contributed by atoms with Gasteiger partial charge in [-0.05, 0) is 55.0 Å². The van der Waals surface area contributed by atoms with Gasteiger partial charge in [0, 0.05) is 22.7 Å². The summed E-state index contributed by atoms with van der Waals surface area (Å²) in [6, 6.07) is 12.2. The molecule has 1 atom stereocenters. The van der Waals surface area contributed by atoms with Crippen molar-refractivity contribution >= 4 is 46.9 Å². The third-order valence-electron chi connectivity index (χ3n) is 5.28. The molecule has 10 nitrogen and oxygen atoms in total. The number of unbranched alkanes of at least 4 members (excludes halogenated alkanes) is 1. The van der Waals surface area contributed by atoms with Crippen LogP contribution in [0.25, 0.3) is 0 Å². The Balaban J connectivity index is 1.42. The van der Waals surface area contributed by atoms with Crippen molar-refractivity contribution in [3.8, 4) is 0 Å². The lowest BCUT2D eigenvalue weighted by Crippen LogP contribution is -2.43. The Bertz CT molecular complexity index is 1120. The summed E-state index contributed by atoms with van der Waals surface area (Å²) in [5.74, 6) is -3.55. The van der Waals surface area contributed by atoms with Crippen LogP contribution in [0.2, 0.25) is 5.02 Å². The van der Waals surface area contributed by atoms with Crippen molar-refractivity contribution < 1.29 is 33.4 Å². The van der Waals surface area contributed by atoms with E-state index in [2.05, 4.69) is 10.7 Å². The maximum Gasteiger partial charge on any atom is 0.338 e. The van der Waals surface area contributed by atoms with Crippen LogP contribution < -0.4 is 10.7 Å². The molecule has 1 aliphatic rings. The zero-order valence-electron chi connectivity index (χ0n) is 19.6. The fourth-order valence-electron chi connectivity index (χ4n) is 3.30. The molecule has 1 heterocycles. The van der Waals surface area contributed by atoms with Crippen LogP contribution in [0, 0.1) is 5.92 Å². The van der Waals surface area contributed by atoms with Gasteiger partial charge < -0.3 is 14.8 Å². The molecule has 2 aromatic carbocycles. The van der Waals surface area contributed by atoms with E-state index in [0.717, 1.165) is 17.9 Å². The maximum absolute atomic E-state index is 12.4. The van der Waals surface area contributed by atoms with Gasteiger partial charge in [0.2, 0.25) is 5.91 Å². The molecule has 0 bridgehead atoms. The highest BCUT2D eigenvalue weighted by atomic mass is 35.5. The summed E-state index contributed by atoms with van der Waals surface area (Å²) in [6.45, 7) is 1.71. The predicted molar refractivity (Wildman–Crippen MR) is 130 cm³/mol. The van der Waals surface area contributed by atoms with Crippen LogP contribution >= 0.6 is 11.6 Å². The SMILES string of the molecule is CCCCOC(=O)c1ccc(NC(=O)COC(=O)[C@H]2CC(=O)N(NC(=O)c3ccc(Cl)cc3)C2)cc1. The Morgan fingerprint density at radius 1 is 1.00 bits per heavy atom. The number of hydrogen-bond donors (Lipinski definition) is 2. The third kappa shape index (κ3) is 7.54. The summed E-state index contributed by atoms with van der Waals surface area (Å²) < 4.78 is 10.2. The van der Waals surface area contributed by atoms with E-state index in [0.29, 0.717) is 28.4 Å². The second-order valence-corrected chi connectivity index (χ2v) is 8.51. The summed E-state index contributed by atoms with van der Waals surface area (Å²) in [6.07, 6.45) is 1.54.